The van der Waals surface area contributed by atoms with Crippen LogP contribution in [-0.2, 0) is 4.79 Å². The smallest absolute Gasteiger partial charge is 0.242 e. The summed E-state index contributed by atoms with van der Waals surface area (Å²) in [5, 5.41) is 16.8. The average molecular weight is 303 g/mol. The van der Waals surface area contributed by atoms with Gasteiger partial charge >= 0.3 is 0 Å². The first-order valence-electron chi connectivity index (χ1n) is 6.76. The number of hydrogen-bond donors (Lipinski definition) is 4. The Balaban J connectivity index is 2.80. The van der Waals surface area contributed by atoms with Gasteiger partial charge in [0.1, 0.15) is 5.82 Å². The summed E-state index contributed by atoms with van der Waals surface area (Å²) in [6.07, 6.45) is 3.35. The zero-order valence-corrected chi connectivity index (χ0v) is 13.1. The van der Waals surface area contributed by atoms with E-state index in [1.54, 1.807) is 19.1 Å². The molecule has 0 bridgehead atoms. The number of hydrogen-bond acceptors (Lipinski definition) is 5. The molecule has 22 heavy (non-hydrogen) atoms. The Morgan fingerprint density at radius 1 is 1.41 bits per heavy atom. The zero-order valence-electron chi connectivity index (χ0n) is 13.1. The first-order valence-corrected chi connectivity index (χ1v) is 6.76. The van der Waals surface area contributed by atoms with Crippen molar-refractivity contribution in [1.82, 2.24) is 10.3 Å². The standard InChI is InChI=1S/C14H21N7O/c1-9(16)12(22)20-11-6-5-10(7-17-11)19-13(18-8-15)21-14(2,3)4/h5-7,9H,16H2,1-4H3,(H,17,20,22)(H2,18,19,21)/t9-/m0/s1. The van der Waals surface area contributed by atoms with Gasteiger partial charge in [-0.05, 0) is 39.8 Å². The van der Waals surface area contributed by atoms with Crippen LogP contribution in [0.2, 0.25) is 0 Å². The third-order valence-electron chi connectivity index (χ3n) is 2.31. The van der Waals surface area contributed by atoms with Gasteiger partial charge in [-0.3, -0.25) is 10.1 Å². The highest BCUT2D eigenvalue weighted by molar-refractivity contribution is 5.95. The van der Waals surface area contributed by atoms with Crippen molar-refractivity contribution in [1.29, 1.82) is 5.26 Å². The number of nitrogens with one attached hydrogen (secondary N) is 3. The highest BCUT2D eigenvalue weighted by Crippen LogP contribution is 2.11. The Kier molecular flexibility index (Phi) is 5.83. The van der Waals surface area contributed by atoms with Gasteiger partial charge in [-0.2, -0.15) is 5.26 Å². The minimum atomic E-state index is -0.607. The molecule has 0 aliphatic heterocycles. The van der Waals surface area contributed by atoms with Crippen LogP contribution in [0.1, 0.15) is 27.7 Å². The topological polar surface area (TPSA) is 128 Å². The minimum Gasteiger partial charge on any atom is -0.324 e. The molecule has 5 N–H and O–H groups in total. The van der Waals surface area contributed by atoms with Crippen molar-refractivity contribution in [2.45, 2.75) is 39.3 Å². The lowest BCUT2D eigenvalue weighted by Gasteiger charge is -2.16. The van der Waals surface area contributed by atoms with Gasteiger partial charge in [0.2, 0.25) is 11.9 Å². The molecule has 1 aromatic heterocycles. The van der Waals surface area contributed by atoms with Gasteiger partial charge in [0, 0.05) is 0 Å². The Morgan fingerprint density at radius 3 is 2.55 bits per heavy atom. The number of amides is 1. The lowest BCUT2D eigenvalue weighted by molar-refractivity contribution is -0.117. The number of aliphatic imine (C=N–C) groups is 1. The van der Waals surface area contributed by atoms with Crippen LogP contribution in [0, 0.1) is 11.5 Å². The molecule has 1 rings (SSSR count). The fourth-order valence-corrected chi connectivity index (χ4v) is 1.39. The average Bonchev–Trinajstić information content (AvgIpc) is 2.39. The number of pyridine rings is 1. The molecule has 0 aliphatic rings. The van der Waals surface area contributed by atoms with Crippen LogP contribution in [-0.4, -0.2) is 28.4 Å². The number of nitrogens with zero attached hydrogens (tertiary/aromatic N) is 3. The summed E-state index contributed by atoms with van der Waals surface area (Å²) in [5.74, 6) is 0.411. The largest absolute Gasteiger partial charge is 0.324 e. The fourth-order valence-electron chi connectivity index (χ4n) is 1.39. The third kappa shape index (κ3) is 6.19. The first-order chi connectivity index (χ1) is 10.2. The van der Waals surface area contributed by atoms with Crippen molar-refractivity contribution in [2.75, 3.05) is 10.6 Å². The van der Waals surface area contributed by atoms with Crippen molar-refractivity contribution >= 4 is 23.4 Å². The highest BCUT2D eigenvalue weighted by atomic mass is 16.2. The quantitative estimate of drug-likeness (QED) is 0.285. The number of anilines is 2. The second kappa shape index (κ2) is 7.38. The Labute approximate surface area is 129 Å². The number of carbonyl (C=O) groups excluding carboxylic acids is 1. The molecule has 1 heterocycles. The van der Waals surface area contributed by atoms with E-state index in [1.165, 1.54) is 6.20 Å². The predicted octanol–water partition coefficient (Wildman–Crippen LogP) is 1.00. The van der Waals surface area contributed by atoms with E-state index in [0.717, 1.165) is 0 Å². The molecular formula is C14H21N7O. The van der Waals surface area contributed by atoms with Gasteiger partial charge in [0.25, 0.3) is 0 Å². The molecule has 8 heteroatoms. The zero-order chi connectivity index (χ0) is 16.8. The molecule has 1 amide bonds. The maximum absolute atomic E-state index is 11.5. The third-order valence-corrected chi connectivity index (χ3v) is 2.31. The Hall–Kier alpha value is -2.66. The molecule has 118 valence electrons. The van der Waals surface area contributed by atoms with E-state index < -0.39 is 6.04 Å². The summed E-state index contributed by atoms with van der Waals surface area (Å²) in [5.41, 5.74) is 5.75. The number of nitrogens with two attached hydrogens (primary N) is 1. The van der Waals surface area contributed by atoms with Crippen molar-refractivity contribution < 1.29 is 4.79 Å². The van der Waals surface area contributed by atoms with Crippen molar-refractivity contribution in [2.24, 2.45) is 10.7 Å². The molecule has 0 aliphatic carbocycles. The monoisotopic (exact) mass is 303 g/mol. The highest BCUT2D eigenvalue weighted by Gasteiger charge is 2.11. The van der Waals surface area contributed by atoms with Gasteiger partial charge < -0.3 is 16.4 Å². The van der Waals surface area contributed by atoms with Gasteiger partial charge in [0.05, 0.1) is 23.5 Å². The van der Waals surface area contributed by atoms with E-state index >= 15 is 0 Å². The van der Waals surface area contributed by atoms with E-state index in [4.69, 9.17) is 11.0 Å². The number of rotatable bonds is 3. The normalized spacial score (nSPS) is 13.0. The first kappa shape index (κ1) is 17.4. The summed E-state index contributed by atoms with van der Waals surface area (Å²) in [7, 11) is 0. The second-order valence-electron chi connectivity index (χ2n) is 5.70. The van der Waals surface area contributed by atoms with Crippen molar-refractivity contribution in [3.63, 3.8) is 0 Å². The molecular weight excluding hydrogens is 282 g/mol. The van der Waals surface area contributed by atoms with Gasteiger partial charge in [-0.15, -0.1) is 0 Å². The van der Waals surface area contributed by atoms with Crippen LogP contribution in [0.5, 0.6) is 0 Å². The van der Waals surface area contributed by atoms with E-state index in [-0.39, 0.29) is 11.4 Å². The van der Waals surface area contributed by atoms with E-state index in [0.29, 0.717) is 17.5 Å². The summed E-state index contributed by atoms with van der Waals surface area (Å²) in [6.45, 7) is 7.34. The van der Waals surface area contributed by atoms with Gasteiger partial charge in [-0.25, -0.2) is 9.98 Å². The molecule has 1 atom stereocenters. The lowest BCUT2D eigenvalue weighted by atomic mass is 10.1. The van der Waals surface area contributed by atoms with Crippen LogP contribution >= 0.6 is 0 Å². The molecule has 0 saturated heterocycles. The van der Waals surface area contributed by atoms with Gasteiger partial charge in [0.15, 0.2) is 6.19 Å². The minimum absolute atomic E-state index is 0.311. The van der Waals surface area contributed by atoms with E-state index in [9.17, 15) is 4.79 Å². The summed E-state index contributed by atoms with van der Waals surface area (Å²) in [6, 6.07) is 2.73. The maximum Gasteiger partial charge on any atom is 0.242 e. The van der Waals surface area contributed by atoms with Crippen molar-refractivity contribution in [3.05, 3.63) is 18.3 Å². The maximum atomic E-state index is 11.5. The van der Waals surface area contributed by atoms with Crippen LogP contribution in [0.15, 0.2) is 23.3 Å². The molecule has 0 radical (unpaired) electrons. The van der Waals surface area contributed by atoms with E-state index in [2.05, 4.69) is 25.9 Å². The molecule has 0 unspecified atom stereocenters. The van der Waals surface area contributed by atoms with Crippen LogP contribution in [0.3, 0.4) is 0 Å². The van der Waals surface area contributed by atoms with Crippen LogP contribution in [0.4, 0.5) is 11.5 Å². The summed E-state index contributed by atoms with van der Waals surface area (Å²) >= 11 is 0. The Morgan fingerprint density at radius 2 is 2.09 bits per heavy atom. The number of carbonyl (C=O) groups is 1. The van der Waals surface area contributed by atoms with E-state index in [1.807, 2.05) is 27.0 Å². The molecule has 1 aromatic rings. The second-order valence-corrected chi connectivity index (χ2v) is 5.70. The fraction of sp³-hybridized carbons (Fsp3) is 0.429. The predicted molar refractivity (Wildman–Crippen MR) is 86.1 cm³/mol. The molecule has 8 nitrogen and oxygen atoms in total. The number of aromatic nitrogens is 1. The summed E-state index contributed by atoms with van der Waals surface area (Å²) < 4.78 is 0. The number of nitriles is 1. The molecule has 0 aromatic carbocycles. The molecule has 0 fully saturated rings. The van der Waals surface area contributed by atoms with Crippen LogP contribution in [0.25, 0.3) is 0 Å². The Bertz CT molecular complexity index is 579. The van der Waals surface area contributed by atoms with Crippen LogP contribution < -0.4 is 21.7 Å². The van der Waals surface area contributed by atoms with Crippen molar-refractivity contribution in [3.8, 4) is 6.19 Å². The van der Waals surface area contributed by atoms with Gasteiger partial charge in [-0.1, -0.05) is 0 Å². The SMILES string of the molecule is C[C@H](N)C(=O)Nc1ccc(NC(=NC(C)(C)C)NC#N)cn1. The molecule has 0 spiro atoms. The number of guanidine groups is 1. The molecule has 0 saturated carbocycles. The lowest BCUT2D eigenvalue weighted by Crippen LogP contribution is -2.32. The summed E-state index contributed by atoms with van der Waals surface area (Å²) in [4.78, 5) is 19.9.